The molecule has 0 saturated carbocycles. The van der Waals surface area contributed by atoms with Gasteiger partial charge in [0.2, 0.25) is 10.0 Å². The van der Waals surface area contributed by atoms with Crippen LogP contribution in [0.1, 0.15) is 11.4 Å². The van der Waals surface area contributed by atoms with Crippen molar-refractivity contribution in [3.05, 3.63) is 11.4 Å². The van der Waals surface area contributed by atoms with Crippen molar-refractivity contribution in [2.24, 2.45) is 0 Å². The smallest absolute Gasteiger partial charge is 0.244 e. The van der Waals surface area contributed by atoms with E-state index in [4.69, 9.17) is 5.11 Å². The molecular weight excluding hydrogens is 244 g/mol. The normalized spacial score (nSPS) is 12.3. The van der Waals surface area contributed by atoms with Gasteiger partial charge in [-0.2, -0.15) is 5.10 Å². The van der Waals surface area contributed by atoms with Crippen LogP contribution in [0.25, 0.3) is 0 Å². The Labute approximate surface area is 101 Å². The minimum atomic E-state index is -3.62. The Balaban J connectivity index is 2.86. The Morgan fingerprint density at radius 2 is 2.12 bits per heavy atom. The van der Waals surface area contributed by atoms with Gasteiger partial charge in [0, 0.05) is 13.1 Å². The van der Waals surface area contributed by atoms with E-state index in [9.17, 15) is 8.42 Å². The van der Waals surface area contributed by atoms with Crippen LogP contribution in [0.2, 0.25) is 0 Å². The van der Waals surface area contributed by atoms with Crippen LogP contribution in [0, 0.1) is 6.92 Å². The monoisotopic (exact) mass is 262 g/mol. The number of hydrogen-bond acceptors (Lipinski definition) is 5. The first kappa shape index (κ1) is 14.1. The van der Waals surface area contributed by atoms with Crippen LogP contribution in [-0.4, -0.2) is 55.8 Å². The number of aliphatic hydroxyl groups excluding tert-OH is 1. The number of aryl methyl sites for hydroxylation is 1. The Morgan fingerprint density at radius 1 is 1.47 bits per heavy atom. The lowest BCUT2D eigenvalue weighted by atomic mass is 10.4. The second kappa shape index (κ2) is 5.58. The summed E-state index contributed by atoms with van der Waals surface area (Å²) in [7, 11) is 0.0989. The number of hydrogen-bond donors (Lipinski definition) is 3. The summed E-state index contributed by atoms with van der Waals surface area (Å²) in [6.07, 6.45) is 0. The lowest BCUT2D eigenvalue weighted by molar-refractivity contribution is 0.273. The van der Waals surface area contributed by atoms with E-state index in [1.807, 2.05) is 19.0 Å². The van der Waals surface area contributed by atoms with E-state index < -0.39 is 16.6 Å². The standard InChI is InChI=1S/C9H18N4O3S/c1-7-9(8(6-14)12-11-7)17(15,16)10-4-5-13(2)3/h10,14H,4-6H2,1-3H3,(H,11,12). The van der Waals surface area contributed by atoms with E-state index in [2.05, 4.69) is 14.9 Å². The highest BCUT2D eigenvalue weighted by Gasteiger charge is 2.23. The summed E-state index contributed by atoms with van der Waals surface area (Å²) in [6.45, 7) is 2.11. The van der Waals surface area contributed by atoms with Gasteiger partial charge < -0.3 is 10.0 Å². The van der Waals surface area contributed by atoms with Gasteiger partial charge >= 0.3 is 0 Å². The Morgan fingerprint density at radius 3 is 2.65 bits per heavy atom. The summed E-state index contributed by atoms with van der Waals surface area (Å²) < 4.78 is 26.4. The van der Waals surface area contributed by atoms with E-state index in [-0.39, 0.29) is 10.6 Å². The molecule has 0 spiro atoms. The van der Waals surface area contributed by atoms with Crippen LogP contribution in [-0.2, 0) is 16.6 Å². The third kappa shape index (κ3) is 3.50. The van der Waals surface area contributed by atoms with Gasteiger partial charge in [0.05, 0.1) is 12.3 Å². The number of aromatic amines is 1. The topological polar surface area (TPSA) is 98.3 Å². The zero-order valence-corrected chi connectivity index (χ0v) is 11.0. The molecule has 0 aromatic carbocycles. The molecule has 1 rings (SSSR count). The van der Waals surface area contributed by atoms with Gasteiger partial charge in [-0.25, -0.2) is 13.1 Å². The molecule has 8 heteroatoms. The minimum Gasteiger partial charge on any atom is -0.390 e. The lowest BCUT2D eigenvalue weighted by Crippen LogP contribution is -2.32. The first-order chi connectivity index (χ1) is 7.88. The molecule has 0 aliphatic rings. The fourth-order valence-electron chi connectivity index (χ4n) is 1.41. The van der Waals surface area contributed by atoms with Crippen LogP contribution >= 0.6 is 0 Å². The first-order valence-corrected chi connectivity index (χ1v) is 6.66. The average Bonchev–Trinajstić information content (AvgIpc) is 2.59. The molecule has 0 radical (unpaired) electrons. The third-order valence-corrected chi connectivity index (χ3v) is 3.89. The maximum atomic E-state index is 12.0. The molecule has 0 atom stereocenters. The molecule has 17 heavy (non-hydrogen) atoms. The number of sulfonamides is 1. The summed E-state index contributed by atoms with van der Waals surface area (Å²) >= 11 is 0. The average molecular weight is 262 g/mol. The molecule has 0 aliphatic carbocycles. The van der Waals surface area contributed by atoms with Crippen molar-refractivity contribution in [1.82, 2.24) is 19.8 Å². The van der Waals surface area contributed by atoms with Crippen LogP contribution in [0.4, 0.5) is 0 Å². The summed E-state index contributed by atoms with van der Waals surface area (Å²) in [5, 5.41) is 15.3. The van der Waals surface area contributed by atoms with Crippen LogP contribution in [0.15, 0.2) is 4.90 Å². The highest BCUT2D eigenvalue weighted by molar-refractivity contribution is 7.89. The van der Waals surface area contributed by atoms with Crippen molar-refractivity contribution in [2.45, 2.75) is 18.4 Å². The minimum absolute atomic E-state index is 0.0405. The maximum Gasteiger partial charge on any atom is 0.244 e. The van der Waals surface area contributed by atoms with Gasteiger partial charge in [-0.15, -0.1) is 0 Å². The first-order valence-electron chi connectivity index (χ1n) is 5.17. The number of H-pyrrole nitrogens is 1. The van der Waals surface area contributed by atoms with Crippen LogP contribution in [0.5, 0.6) is 0 Å². The van der Waals surface area contributed by atoms with E-state index >= 15 is 0 Å². The van der Waals surface area contributed by atoms with E-state index in [0.29, 0.717) is 18.8 Å². The Bertz CT molecular complexity index is 467. The fourth-order valence-corrected chi connectivity index (χ4v) is 2.78. The fraction of sp³-hybridized carbons (Fsp3) is 0.667. The molecule has 0 bridgehead atoms. The number of aliphatic hydroxyl groups is 1. The SMILES string of the molecule is Cc1[nH]nc(CO)c1S(=O)(=O)NCCN(C)C. The maximum absolute atomic E-state index is 12.0. The van der Waals surface area contributed by atoms with Crippen LogP contribution < -0.4 is 4.72 Å². The molecular formula is C9H18N4O3S. The molecule has 1 heterocycles. The molecule has 7 nitrogen and oxygen atoms in total. The number of aromatic nitrogens is 2. The zero-order valence-electron chi connectivity index (χ0n) is 10.2. The summed E-state index contributed by atoms with van der Waals surface area (Å²) in [5.74, 6) is 0. The van der Waals surface area contributed by atoms with Gasteiger partial charge in [0.25, 0.3) is 0 Å². The van der Waals surface area contributed by atoms with E-state index in [1.54, 1.807) is 6.92 Å². The zero-order chi connectivity index (χ0) is 13.1. The molecule has 0 amide bonds. The second-order valence-corrected chi connectivity index (χ2v) is 5.69. The van der Waals surface area contributed by atoms with Crippen LogP contribution in [0.3, 0.4) is 0 Å². The number of rotatable bonds is 6. The summed E-state index contributed by atoms with van der Waals surface area (Å²) in [4.78, 5) is 1.91. The molecule has 0 unspecified atom stereocenters. The van der Waals surface area contributed by atoms with Crippen molar-refractivity contribution >= 4 is 10.0 Å². The highest BCUT2D eigenvalue weighted by atomic mass is 32.2. The molecule has 0 saturated heterocycles. The quantitative estimate of drug-likeness (QED) is 0.614. The molecule has 1 aromatic heterocycles. The Kier molecular flexibility index (Phi) is 4.63. The number of likely N-dealkylation sites (N-methyl/N-ethyl adjacent to an activating group) is 1. The predicted octanol–water partition coefficient (Wildman–Crippen LogP) is -0.950. The third-order valence-electron chi connectivity index (χ3n) is 2.23. The molecule has 0 aliphatic heterocycles. The number of nitrogens with one attached hydrogen (secondary N) is 2. The summed E-state index contributed by atoms with van der Waals surface area (Å²) in [6, 6.07) is 0. The molecule has 0 fully saturated rings. The number of nitrogens with zero attached hydrogens (tertiary/aromatic N) is 2. The highest BCUT2D eigenvalue weighted by Crippen LogP contribution is 2.16. The second-order valence-electron chi connectivity index (χ2n) is 3.98. The van der Waals surface area contributed by atoms with Gasteiger partial charge in [0.1, 0.15) is 10.6 Å². The van der Waals surface area contributed by atoms with E-state index in [1.165, 1.54) is 0 Å². The van der Waals surface area contributed by atoms with Gasteiger partial charge in [-0.05, 0) is 21.0 Å². The van der Waals surface area contributed by atoms with Crippen molar-refractivity contribution in [3.8, 4) is 0 Å². The molecule has 1 aromatic rings. The van der Waals surface area contributed by atoms with Gasteiger partial charge in [-0.1, -0.05) is 0 Å². The van der Waals surface area contributed by atoms with Gasteiger partial charge in [0.15, 0.2) is 0 Å². The van der Waals surface area contributed by atoms with Crippen molar-refractivity contribution in [3.63, 3.8) is 0 Å². The van der Waals surface area contributed by atoms with Crippen molar-refractivity contribution < 1.29 is 13.5 Å². The predicted molar refractivity (Wildman–Crippen MR) is 63.0 cm³/mol. The summed E-state index contributed by atoms with van der Waals surface area (Å²) in [5.41, 5.74) is 0.561. The lowest BCUT2D eigenvalue weighted by Gasteiger charge is -2.11. The molecule has 3 N–H and O–H groups in total. The van der Waals surface area contributed by atoms with Crippen molar-refractivity contribution in [2.75, 3.05) is 27.2 Å². The molecule has 98 valence electrons. The van der Waals surface area contributed by atoms with Gasteiger partial charge in [-0.3, -0.25) is 5.10 Å². The largest absolute Gasteiger partial charge is 0.390 e. The van der Waals surface area contributed by atoms with E-state index in [0.717, 1.165) is 0 Å². The van der Waals surface area contributed by atoms with Crippen molar-refractivity contribution in [1.29, 1.82) is 0 Å². The Hall–Kier alpha value is -0.960.